The monoisotopic (exact) mass is 354 g/mol. The van der Waals surface area contributed by atoms with Crippen molar-refractivity contribution in [3.8, 4) is 5.75 Å². The average Bonchev–Trinajstić information content (AvgIpc) is 2.86. The Bertz CT molecular complexity index is 1000. The molecule has 0 aliphatic carbocycles. The van der Waals surface area contributed by atoms with E-state index in [1.807, 2.05) is 32.1 Å². The maximum atomic E-state index is 11.8. The molecule has 0 bridgehead atoms. The minimum absolute atomic E-state index is 0.0450. The molecule has 0 unspecified atom stereocenters. The Balaban J connectivity index is 1.74. The van der Waals surface area contributed by atoms with Gasteiger partial charge in [-0.15, -0.1) is 0 Å². The fourth-order valence-corrected chi connectivity index (χ4v) is 2.72. The van der Waals surface area contributed by atoms with Crippen LogP contribution in [0.25, 0.3) is 11.0 Å². The Hall–Kier alpha value is -2.82. The molecule has 2 heterocycles. The largest absolute Gasteiger partial charge is 0.489 e. The Morgan fingerprint density at radius 3 is 2.58 bits per heavy atom. The zero-order valence-corrected chi connectivity index (χ0v) is 15.6. The van der Waals surface area contributed by atoms with Crippen LogP contribution in [0.15, 0.2) is 50.9 Å². The number of rotatable bonds is 4. The average molecular weight is 354 g/mol. The molecule has 136 valence electrons. The Labute approximate surface area is 151 Å². The fourth-order valence-electron chi connectivity index (χ4n) is 2.72. The number of carbonyl (C=O) groups is 1. The highest BCUT2D eigenvalue weighted by atomic mass is 16.5. The number of ether oxygens (including phenoxy) is 2. The van der Waals surface area contributed by atoms with Crippen molar-refractivity contribution in [1.29, 1.82) is 0 Å². The molecule has 0 saturated carbocycles. The van der Waals surface area contributed by atoms with Gasteiger partial charge in [0.2, 0.25) is 5.78 Å². The van der Waals surface area contributed by atoms with E-state index in [9.17, 15) is 9.59 Å². The molecule has 1 aromatic heterocycles. The van der Waals surface area contributed by atoms with Gasteiger partial charge in [-0.2, -0.15) is 0 Å². The van der Waals surface area contributed by atoms with Crippen molar-refractivity contribution in [1.82, 2.24) is 0 Å². The molecule has 0 spiro atoms. The number of fused-ring (bicyclic) bond motifs is 1. The Morgan fingerprint density at radius 1 is 1.19 bits per heavy atom. The van der Waals surface area contributed by atoms with E-state index in [4.69, 9.17) is 13.9 Å². The summed E-state index contributed by atoms with van der Waals surface area (Å²) < 4.78 is 16.7. The van der Waals surface area contributed by atoms with Crippen molar-refractivity contribution < 1.29 is 18.7 Å². The molecule has 0 radical (unpaired) electrons. The second-order valence-corrected chi connectivity index (χ2v) is 6.98. The smallest absolute Gasteiger partial charge is 0.339 e. The van der Waals surface area contributed by atoms with Crippen LogP contribution in [0.5, 0.6) is 5.75 Å². The van der Waals surface area contributed by atoms with E-state index < -0.39 is 5.60 Å². The van der Waals surface area contributed by atoms with Crippen LogP contribution in [0.4, 0.5) is 0 Å². The highest BCUT2D eigenvalue weighted by Gasteiger charge is 2.35. The van der Waals surface area contributed by atoms with Gasteiger partial charge in [-0.3, -0.25) is 4.79 Å². The summed E-state index contributed by atoms with van der Waals surface area (Å²) in [6.45, 7) is 9.32. The standard InChI is InChI=1S/C21H22O5/c1-12(17-11-19(22)21(4,5)26-17)8-9-24-15-6-7-16-13(2)14(3)20(23)25-18(16)10-15/h6-8,10-11H,9H2,1-5H3/b12-8+. The third kappa shape index (κ3) is 3.29. The van der Waals surface area contributed by atoms with Crippen molar-refractivity contribution in [3.05, 3.63) is 63.2 Å². The van der Waals surface area contributed by atoms with Gasteiger partial charge in [-0.25, -0.2) is 4.79 Å². The van der Waals surface area contributed by atoms with E-state index in [1.165, 1.54) is 6.08 Å². The molecule has 0 atom stereocenters. The molecule has 1 aliphatic rings. The van der Waals surface area contributed by atoms with Crippen molar-refractivity contribution in [2.24, 2.45) is 0 Å². The molecule has 3 rings (SSSR count). The number of ketones is 1. The molecule has 5 nitrogen and oxygen atoms in total. The van der Waals surface area contributed by atoms with Crippen LogP contribution in [0.3, 0.4) is 0 Å². The van der Waals surface area contributed by atoms with Gasteiger partial charge in [0.25, 0.3) is 0 Å². The summed E-state index contributed by atoms with van der Waals surface area (Å²) in [6.07, 6.45) is 3.36. The van der Waals surface area contributed by atoms with E-state index in [0.29, 0.717) is 29.3 Å². The summed E-state index contributed by atoms with van der Waals surface area (Å²) >= 11 is 0. The molecule has 26 heavy (non-hydrogen) atoms. The third-order valence-electron chi connectivity index (χ3n) is 4.68. The second kappa shape index (κ2) is 6.48. The van der Waals surface area contributed by atoms with Gasteiger partial charge in [0.05, 0.1) is 0 Å². The Morgan fingerprint density at radius 2 is 1.92 bits per heavy atom. The minimum Gasteiger partial charge on any atom is -0.489 e. The Kier molecular flexibility index (Phi) is 4.48. The summed E-state index contributed by atoms with van der Waals surface area (Å²) in [5.74, 6) is 1.13. The number of hydrogen-bond donors (Lipinski definition) is 0. The van der Waals surface area contributed by atoms with Crippen LogP contribution in [-0.2, 0) is 9.53 Å². The van der Waals surface area contributed by atoms with Gasteiger partial charge in [-0.05, 0) is 64.0 Å². The van der Waals surface area contributed by atoms with Crippen molar-refractivity contribution >= 4 is 16.8 Å². The van der Waals surface area contributed by atoms with Crippen LogP contribution in [0, 0.1) is 13.8 Å². The van der Waals surface area contributed by atoms with Crippen molar-refractivity contribution in [2.75, 3.05) is 6.61 Å². The lowest BCUT2D eigenvalue weighted by Crippen LogP contribution is -2.27. The molecule has 2 aromatic rings. The van der Waals surface area contributed by atoms with Crippen LogP contribution in [0.2, 0.25) is 0 Å². The molecule has 1 aromatic carbocycles. The van der Waals surface area contributed by atoms with Crippen molar-refractivity contribution in [3.63, 3.8) is 0 Å². The lowest BCUT2D eigenvalue weighted by Gasteiger charge is -2.18. The fraction of sp³-hybridized carbons (Fsp3) is 0.333. The molecule has 0 N–H and O–H groups in total. The van der Waals surface area contributed by atoms with Gasteiger partial charge in [-0.1, -0.05) is 0 Å². The summed E-state index contributed by atoms with van der Waals surface area (Å²) in [5.41, 5.74) is 1.73. The number of hydrogen-bond acceptors (Lipinski definition) is 5. The van der Waals surface area contributed by atoms with E-state index in [-0.39, 0.29) is 11.4 Å². The first kappa shape index (κ1) is 18.0. The molecule has 0 amide bonds. The lowest BCUT2D eigenvalue weighted by molar-refractivity contribution is -0.126. The number of allylic oxidation sites excluding steroid dienone is 1. The van der Waals surface area contributed by atoms with Gasteiger partial charge < -0.3 is 13.9 Å². The quantitative estimate of drug-likeness (QED) is 0.777. The van der Waals surface area contributed by atoms with E-state index >= 15 is 0 Å². The lowest BCUT2D eigenvalue weighted by atomic mass is 10.1. The van der Waals surface area contributed by atoms with E-state index in [1.54, 1.807) is 26.8 Å². The highest BCUT2D eigenvalue weighted by molar-refractivity contribution is 5.99. The first-order chi connectivity index (χ1) is 12.2. The highest BCUT2D eigenvalue weighted by Crippen LogP contribution is 2.28. The van der Waals surface area contributed by atoms with Gasteiger partial charge in [0.1, 0.15) is 23.7 Å². The summed E-state index contributed by atoms with van der Waals surface area (Å²) in [6, 6.07) is 5.44. The maximum Gasteiger partial charge on any atom is 0.339 e. The zero-order chi connectivity index (χ0) is 19.1. The molecule has 5 heteroatoms. The SMILES string of the molecule is C/C(=C\COc1ccc2c(C)c(C)c(=O)oc2c1)C1=CC(=O)C(C)(C)O1. The van der Waals surface area contributed by atoms with Gasteiger partial charge >= 0.3 is 5.63 Å². The van der Waals surface area contributed by atoms with Gasteiger partial charge in [0.15, 0.2) is 5.60 Å². The second-order valence-electron chi connectivity index (χ2n) is 6.98. The molecule has 0 saturated heterocycles. The normalized spacial score (nSPS) is 16.6. The summed E-state index contributed by atoms with van der Waals surface area (Å²) in [7, 11) is 0. The van der Waals surface area contributed by atoms with Crippen LogP contribution >= 0.6 is 0 Å². The predicted octanol–water partition coefficient (Wildman–Crippen LogP) is 4.00. The first-order valence-electron chi connectivity index (χ1n) is 8.48. The molecule has 1 aliphatic heterocycles. The molecule has 0 fully saturated rings. The van der Waals surface area contributed by atoms with Crippen LogP contribution in [0.1, 0.15) is 31.9 Å². The summed E-state index contributed by atoms with van der Waals surface area (Å²) in [4.78, 5) is 23.6. The first-order valence-corrected chi connectivity index (χ1v) is 8.48. The van der Waals surface area contributed by atoms with Crippen LogP contribution in [-0.4, -0.2) is 18.0 Å². The molecular weight excluding hydrogens is 332 g/mol. The number of aryl methyl sites for hydroxylation is 1. The summed E-state index contributed by atoms with van der Waals surface area (Å²) in [5, 5.41) is 0.895. The third-order valence-corrected chi connectivity index (χ3v) is 4.68. The maximum absolute atomic E-state index is 11.8. The molecular formula is C21H22O5. The number of benzene rings is 1. The number of carbonyl (C=O) groups excluding carboxylic acids is 1. The zero-order valence-electron chi connectivity index (χ0n) is 15.6. The minimum atomic E-state index is -0.808. The topological polar surface area (TPSA) is 65.7 Å². The van der Waals surface area contributed by atoms with E-state index in [2.05, 4.69) is 0 Å². The van der Waals surface area contributed by atoms with E-state index in [0.717, 1.165) is 16.5 Å². The van der Waals surface area contributed by atoms with Crippen molar-refractivity contribution in [2.45, 2.75) is 40.2 Å². The van der Waals surface area contributed by atoms with Gasteiger partial charge in [0, 0.05) is 23.1 Å². The van der Waals surface area contributed by atoms with Crippen LogP contribution < -0.4 is 10.4 Å². The predicted molar refractivity (Wildman–Crippen MR) is 99.5 cm³/mol.